The van der Waals surface area contributed by atoms with Crippen LogP contribution >= 0.6 is 11.6 Å². The second kappa shape index (κ2) is 6.54. The summed E-state index contributed by atoms with van der Waals surface area (Å²) >= 11 is 5.70. The average Bonchev–Trinajstić information content (AvgIpc) is 2.72. The van der Waals surface area contributed by atoms with Crippen LogP contribution in [0.1, 0.15) is 12.1 Å². The van der Waals surface area contributed by atoms with Gasteiger partial charge in [0, 0.05) is 19.3 Å². The van der Waals surface area contributed by atoms with Gasteiger partial charge in [0.2, 0.25) is 0 Å². The highest BCUT2D eigenvalue weighted by atomic mass is 35.5. The summed E-state index contributed by atoms with van der Waals surface area (Å²) in [6.45, 7) is 1.15. The first-order valence-corrected chi connectivity index (χ1v) is 6.48. The quantitative estimate of drug-likeness (QED) is 0.618. The molecule has 1 heterocycles. The van der Waals surface area contributed by atoms with E-state index in [4.69, 9.17) is 11.6 Å². The van der Waals surface area contributed by atoms with Gasteiger partial charge in [0.1, 0.15) is 0 Å². The maximum atomic E-state index is 13.0. The Balaban J connectivity index is 2.56. The van der Waals surface area contributed by atoms with Gasteiger partial charge in [0.25, 0.3) is 5.91 Å². The van der Waals surface area contributed by atoms with Gasteiger partial charge < -0.3 is 5.32 Å². The van der Waals surface area contributed by atoms with Crippen molar-refractivity contribution in [3.05, 3.63) is 16.9 Å². The summed E-state index contributed by atoms with van der Waals surface area (Å²) < 4.78 is 88.2. The molecule has 12 heteroatoms. The molecule has 0 spiro atoms. The molecule has 1 rings (SSSR count). The Bertz CT molecular complexity index is 551. The SMILES string of the molecule is Cc1nn(CCCNC(=O)C(F)(F)C(F)(F)C(F)(F)F)cc1Cl. The molecule has 1 amide bonds. The molecule has 0 bridgehead atoms. The predicted molar refractivity (Wildman–Crippen MR) is 65.5 cm³/mol. The van der Waals surface area contributed by atoms with Crippen LogP contribution in [-0.2, 0) is 11.3 Å². The van der Waals surface area contributed by atoms with E-state index in [0.717, 1.165) is 0 Å². The fourth-order valence-corrected chi connectivity index (χ4v) is 1.63. The third-order valence-electron chi connectivity index (χ3n) is 2.77. The second-order valence-corrected chi connectivity index (χ2v) is 4.99. The zero-order valence-corrected chi connectivity index (χ0v) is 12.3. The standard InChI is InChI=1S/C11H11ClF7N3O/c1-6-7(12)5-22(21-6)4-2-3-20-8(23)9(13,14)10(15,16)11(17,18)19/h5H,2-4H2,1H3,(H,20,23). The van der Waals surface area contributed by atoms with Gasteiger partial charge in [0.05, 0.1) is 10.7 Å². The molecule has 0 saturated heterocycles. The molecule has 0 fully saturated rings. The number of aromatic nitrogens is 2. The van der Waals surface area contributed by atoms with Gasteiger partial charge in [-0.1, -0.05) is 11.6 Å². The molecule has 0 aromatic carbocycles. The number of rotatable bonds is 6. The lowest BCUT2D eigenvalue weighted by Gasteiger charge is -2.27. The number of nitrogens with one attached hydrogen (secondary N) is 1. The average molecular weight is 370 g/mol. The highest BCUT2D eigenvalue weighted by Crippen LogP contribution is 2.46. The fourth-order valence-electron chi connectivity index (χ4n) is 1.48. The van der Waals surface area contributed by atoms with E-state index in [0.29, 0.717) is 10.7 Å². The highest BCUT2D eigenvalue weighted by Gasteiger charge is 2.76. The van der Waals surface area contributed by atoms with E-state index >= 15 is 0 Å². The van der Waals surface area contributed by atoms with Crippen molar-refractivity contribution < 1.29 is 35.5 Å². The van der Waals surface area contributed by atoms with Crippen molar-refractivity contribution in [1.29, 1.82) is 0 Å². The van der Waals surface area contributed by atoms with E-state index in [1.807, 2.05) is 0 Å². The van der Waals surface area contributed by atoms with Crippen molar-refractivity contribution in [3.8, 4) is 0 Å². The zero-order chi connectivity index (χ0) is 18.1. The topological polar surface area (TPSA) is 46.9 Å². The molecule has 0 radical (unpaired) electrons. The Morgan fingerprint density at radius 1 is 1.26 bits per heavy atom. The molecule has 4 nitrogen and oxygen atoms in total. The smallest absolute Gasteiger partial charge is 0.351 e. The highest BCUT2D eigenvalue weighted by molar-refractivity contribution is 6.31. The van der Waals surface area contributed by atoms with E-state index in [-0.39, 0.29) is 13.0 Å². The first kappa shape index (κ1) is 19.5. The van der Waals surface area contributed by atoms with Crippen molar-refractivity contribution in [2.75, 3.05) is 6.54 Å². The fraction of sp³-hybridized carbons (Fsp3) is 0.636. The number of hydrogen-bond acceptors (Lipinski definition) is 2. The van der Waals surface area contributed by atoms with Crippen LogP contribution in [0.2, 0.25) is 5.02 Å². The number of halogens is 8. The lowest BCUT2D eigenvalue weighted by atomic mass is 10.1. The summed E-state index contributed by atoms with van der Waals surface area (Å²) in [4.78, 5) is 10.9. The minimum absolute atomic E-state index is 0.0309. The van der Waals surface area contributed by atoms with E-state index in [9.17, 15) is 35.5 Å². The van der Waals surface area contributed by atoms with Crippen molar-refractivity contribution in [2.45, 2.75) is 37.9 Å². The van der Waals surface area contributed by atoms with Crippen LogP contribution in [0.5, 0.6) is 0 Å². The number of carbonyl (C=O) groups excluding carboxylic acids is 1. The van der Waals surface area contributed by atoms with Gasteiger partial charge in [-0.05, 0) is 13.3 Å². The lowest BCUT2D eigenvalue weighted by Crippen LogP contribution is -2.59. The van der Waals surface area contributed by atoms with E-state index in [1.165, 1.54) is 16.2 Å². The maximum Gasteiger partial charge on any atom is 0.460 e. The third-order valence-corrected chi connectivity index (χ3v) is 3.14. The number of hydrogen-bond donors (Lipinski definition) is 1. The second-order valence-electron chi connectivity index (χ2n) is 4.58. The molecule has 0 aliphatic heterocycles. The number of carbonyl (C=O) groups is 1. The molecular formula is C11H11ClF7N3O. The van der Waals surface area contributed by atoms with E-state index < -0.39 is 30.5 Å². The van der Waals surface area contributed by atoms with Gasteiger partial charge in [-0.15, -0.1) is 0 Å². The van der Waals surface area contributed by atoms with Crippen LogP contribution in [0.25, 0.3) is 0 Å². The van der Waals surface area contributed by atoms with E-state index in [1.54, 1.807) is 6.92 Å². The van der Waals surface area contributed by atoms with Crippen LogP contribution in [0.3, 0.4) is 0 Å². The van der Waals surface area contributed by atoms with Crippen molar-refractivity contribution in [3.63, 3.8) is 0 Å². The molecular weight excluding hydrogens is 359 g/mol. The molecule has 0 atom stereocenters. The summed E-state index contributed by atoms with van der Waals surface area (Å²) in [5, 5.41) is 5.59. The van der Waals surface area contributed by atoms with Crippen LogP contribution < -0.4 is 5.32 Å². The number of amides is 1. The Labute approximate surface area is 130 Å². The Morgan fingerprint density at radius 2 is 1.83 bits per heavy atom. The Kier molecular flexibility index (Phi) is 5.55. The largest absolute Gasteiger partial charge is 0.460 e. The summed E-state index contributed by atoms with van der Waals surface area (Å²) in [7, 11) is 0. The molecule has 1 N–H and O–H groups in total. The zero-order valence-electron chi connectivity index (χ0n) is 11.5. The molecule has 0 saturated carbocycles. The maximum absolute atomic E-state index is 13.0. The van der Waals surface area contributed by atoms with Gasteiger partial charge in [-0.25, -0.2) is 0 Å². The van der Waals surface area contributed by atoms with E-state index in [2.05, 4.69) is 5.10 Å². The molecule has 0 aliphatic carbocycles. The number of alkyl halides is 7. The third kappa shape index (κ3) is 4.06. The minimum atomic E-state index is -6.54. The first-order chi connectivity index (χ1) is 10.3. The predicted octanol–water partition coefficient (Wildman–Crippen LogP) is 3.18. The van der Waals surface area contributed by atoms with Crippen molar-refractivity contribution >= 4 is 17.5 Å². The van der Waals surface area contributed by atoms with Gasteiger partial charge in [-0.2, -0.15) is 35.8 Å². The normalized spacial score (nSPS) is 13.3. The van der Waals surface area contributed by atoms with Gasteiger partial charge in [0.15, 0.2) is 0 Å². The number of aryl methyl sites for hydroxylation is 2. The molecule has 1 aromatic rings. The van der Waals surface area contributed by atoms with Crippen molar-refractivity contribution in [1.82, 2.24) is 15.1 Å². The van der Waals surface area contributed by atoms with Crippen LogP contribution in [0.4, 0.5) is 30.7 Å². The Morgan fingerprint density at radius 3 is 2.26 bits per heavy atom. The number of nitrogens with zero attached hydrogens (tertiary/aromatic N) is 2. The molecule has 132 valence electrons. The summed E-state index contributed by atoms with van der Waals surface area (Å²) in [6, 6.07) is 0. The van der Waals surface area contributed by atoms with Crippen LogP contribution in [0.15, 0.2) is 6.20 Å². The summed E-state index contributed by atoms with van der Waals surface area (Å²) in [6.07, 6.45) is -5.17. The van der Waals surface area contributed by atoms with Gasteiger partial charge >= 0.3 is 18.0 Å². The Hall–Kier alpha value is -1.52. The summed E-state index contributed by atoms with van der Waals surface area (Å²) in [5.74, 6) is -15.1. The first-order valence-electron chi connectivity index (χ1n) is 6.11. The van der Waals surface area contributed by atoms with Gasteiger partial charge in [-0.3, -0.25) is 9.48 Å². The molecule has 0 aliphatic rings. The van der Waals surface area contributed by atoms with Crippen molar-refractivity contribution in [2.24, 2.45) is 0 Å². The molecule has 0 unspecified atom stereocenters. The molecule has 1 aromatic heterocycles. The minimum Gasteiger partial charge on any atom is -0.351 e. The monoisotopic (exact) mass is 369 g/mol. The van der Waals surface area contributed by atoms with Crippen LogP contribution in [-0.4, -0.2) is 40.3 Å². The molecule has 23 heavy (non-hydrogen) atoms. The summed E-state index contributed by atoms with van der Waals surface area (Å²) in [5.41, 5.74) is 0.493. The van der Waals surface area contributed by atoms with Crippen LogP contribution in [0, 0.1) is 6.92 Å². The lowest BCUT2D eigenvalue weighted by molar-refractivity contribution is -0.344.